The lowest BCUT2D eigenvalue weighted by Gasteiger charge is -2.22. The molecule has 3 rings (SSSR count). The van der Waals surface area contributed by atoms with Gasteiger partial charge in [0.15, 0.2) is 17.3 Å². The number of ketones is 1. The summed E-state index contributed by atoms with van der Waals surface area (Å²) in [5, 5.41) is 0. The third kappa shape index (κ3) is 3.77. The van der Waals surface area contributed by atoms with Gasteiger partial charge in [-0.25, -0.2) is 4.39 Å². The number of fused-ring (bicyclic) bond motifs is 1. The third-order valence-corrected chi connectivity index (χ3v) is 4.74. The van der Waals surface area contributed by atoms with Gasteiger partial charge in [0.05, 0.1) is 7.11 Å². The number of aryl methyl sites for hydroxylation is 1. The van der Waals surface area contributed by atoms with E-state index < -0.39 is 17.3 Å². The normalized spacial score (nSPS) is 13.2. The largest absolute Gasteiger partial charge is 0.494 e. The summed E-state index contributed by atoms with van der Waals surface area (Å²) < 4.78 is 18.8. The Balaban J connectivity index is 1.89. The summed E-state index contributed by atoms with van der Waals surface area (Å²) in [5.74, 6) is -0.952. The van der Waals surface area contributed by atoms with E-state index in [1.54, 1.807) is 13.0 Å². The fraction of sp³-hybridized carbons (Fsp3) is 0.350. The maximum atomic E-state index is 13.9. The van der Waals surface area contributed by atoms with Crippen LogP contribution in [-0.4, -0.2) is 35.2 Å². The van der Waals surface area contributed by atoms with Crippen molar-refractivity contribution in [3.05, 3.63) is 62.8 Å². The molecule has 0 fully saturated rings. The highest BCUT2D eigenvalue weighted by Gasteiger charge is 2.24. The van der Waals surface area contributed by atoms with Gasteiger partial charge in [0, 0.05) is 30.8 Å². The quantitative estimate of drug-likeness (QED) is 0.875. The molecule has 1 N–H and O–H groups in total. The molecule has 1 amide bonds. The lowest BCUT2D eigenvalue weighted by molar-refractivity contribution is 0.0750. The molecule has 27 heavy (non-hydrogen) atoms. The number of benzene rings is 1. The number of pyridine rings is 1. The van der Waals surface area contributed by atoms with Crippen LogP contribution in [0.4, 0.5) is 4.39 Å². The van der Waals surface area contributed by atoms with Gasteiger partial charge in [0.25, 0.3) is 11.5 Å². The molecule has 7 heteroatoms. The van der Waals surface area contributed by atoms with E-state index in [-0.39, 0.29) is 23.6 Å². The van der Waals surface area contributed by atoms with E-state index in [9.17, 15) is 18.8 Å². The summed E-state index contributed by atoms with van der Waals surface area (Å²) in [5.41, 5.74) is 1.01. The maximum Gasteiger partial charge on any atom is 0.261 e. The number of amides is 1. The minimum atomic E-state index is -0.518. The lowest BCUT2D eigenvalue weighted by Crippen LogP contribution is -2.35. The highest BCUT2D eigenvalue weighted by Crippen LogP contribution is 2.21. The minimum absolute atomic E-state index is 0.0678. The smallest absolute Gasteiger partial charge is 0.261 e. The molecule has 1 aromatic heterocycles. The van der Waals surface area contributed by atoms with Crippen molar-refractivity contribution >= 4 is 11.7 Å². The van der Waals surface area contributed by atoms with Gasteiger partial charge in [0.1, 0.15) is 5.56 Å². The van der Waals surface area contributed by atoms with Crippen LogP contribution in [0.2, 0.25) is 0 Å². The van der Waals surface area contributed by atoms with Crippen LogP contribution in [0.15, 0.2) is 29.1 Å². The Bertz CT molecular complexity index is 951. The molecule has 6 nitrogen and oxygen atoms in total. The second-order valence-electron chi connectivity index (χ2n) is 6.47. The predicted molar refractivity (Wildman–Crippen MR) is 97.7 cm³/mol. The van der Waals surface area contributed by atoms with E-state index in [1.165, 1.54) is 30.2 Å². The number of Topliss-reactive ketones (excluding diaryl/α,β-unsaturated/α-hetero) is 1. The number of aromatic nitrogens is 1. The Morgan fingerprint density at radius 3 is 2.70 bits per heavy atom. The van der Waals surface area contributed by atoms with Crippen LogP contribution >= 0.6 is 0 Å². The van der Waals surface area contributed by atoms with Gasteiger partial charge >= 0.3 is 0 Å². The first-order chi connectivity index (χ1) is 12.9. The number of carbonyl (C=O) groups is 2. The monoisotopic (exact) mass is 372 g/mol. The van der Waals surface area contributed by atoms with Gasteiger partial charge < -0.3 is 14.6 Å². The Morgan fingerprint density at radius 1 is 1.26 bits per heavy atom. The first-order valence-electron chi connectivity index (χ1n) is 8.85. The van der Waals surface area contributed by atoms with Crippen LogP contribution in [0.5, 0.6) is 5.75 Å². The third-order valence-electron chi connectivity index (χ3n) is 4.74. The van der Waals surface area contributed by atoms with Crippen molar-refractivity contribution in [1.29, 1.82) is 0 Å². The number of ether oxygens (including phenoxy) is 1. The molecule has 0 spiro atoms. The molecule has 1 aliphatic rings. The standard InChI is InChI=1S/C20H21FN2O4/c1-3-23(11-12-7-8-18(27-2)15(21)9-12)20(26)14-10-13-16(22-19(14)25)5-4-6-17(13)24/h7-10H,3-6,11H2,1-2H3,(H,22,25). The molecule has 0 saturated heterocycles. The number of nitrogens with one attached hydrogen (secondary N) is 1. The van der Waals surface area contributed by atoms with E-state index >= 15 is 0 Å². The number of carbonyl (C=O) groups excluding carboxylic acids is 2. The highest BCUT2D eigenvalue weighted by molar-refractivity contribution is 6.01. The molecule has 1 aliphatic carbocycles. The summed E-state index contributed by atoms with van der Waals surface area (Å²) in [6.07, 6.45) is 1.72. The Morgan fingerprint density at radius 2 is 2.04 bits per heavy atom. The zero-order valence-corrected chi connectivity index (χ0v) is 15.3. The molecule has 0 aliphatic heterocycles. The van der Waals surface area contributed by atoms with Gasteiger partial charge in [-0.05, 0) is 43.5 Å². The first-order valence-corrected chi connectivity index (χ1v) is 8.85. The van der Waals surface area contributed by atoms with Gasteiger partial charge in [0.2, 0.25) is 0 Å². The van der Waals surface area contributed by atoms with Gasteiger partial charge in [-0.3, -0.25) is 14.4 Å². The summed E-state index contributed by atoms with van der Waals surface area (Å²) in [6, 6.07) is 5.86. The Hall–Kier alpha value is -2.96. The van der Waals surface area contributed by atoms with E-state index in [0.717, 1.165) is 0 Å². The molecule has 0 bridgehead atoms. The first kappa shape index (κ1) is 18.8. The Labute approximate surface area is 156 Å². The number of methoxy groups -OCH3 is 1. The molecule has 0 unspecified atom stereocenters. The van der Waals surface area contributed by atoms with Gasteiger partial charge in [-0.2, -0.15) is 0 Å². The molecule has 0 saturated carbocycles. The van der Waals surface area contributed by atoms with Crippen molar-refractivity contribution in [1.82, 2.24) is 9.88 Å². The second-order valence-corrected chi connectivity index (χ2v) is 6.47. The number of rotatable bonds is 5. The molecule has 0 radical (unpaired) electrons. The summed E-state index contributed by atoms with van der Waals surface area (Å²) in [7, 11) is 1.38. The van der Waals surface area contributed by atoms with Crippen LogP contribution in [0.3, 0.4) is 0 Å². The van der Waals surface area contributed by atoms with Crippen LogP contribution in [0.1, 0.15) is 51.7 Å². The van der Waals surface area contributed by atoms with Crippen LogP contribution in [0.25, 0.3) is 0 Å². The number of nitrogens with zero attached hydrogens (tertiary/aromatic N) is 1. The fourth-order valence-electron chi connectivity index (χ4n) is 3.26. The maximum absolute atomic E-state index is 13.9. The topological polar surface area (TPSA) is 79.5 Å². The number of hydrogen-bond acceptors (Lipinski definition) is 4. The zero-order chi connectivity index (χ0) is 19.6. The molecule has 142 valence electrons. The molecule has 0 atom stereocenters. The highest BCUT2D eigenvalue weighted by atomic mass is 19.1. The van der Waals surface area contributed by atoms with Crippen molar-refractivity contribution in [3.63, 3.8) is 0 Å². The summed E-state index contributed by atoms with van der Waals surface area (Å²) in [4.78, 5) is 41.4. The molecular formula is C20H21FN2O4. The van der Waals surface area contributed by atoms with E-state index in [2.05, 4.69) is 4.98 Å². The minimum Gasteiger partial charge on any atom is -0.494 e. The second kappa shape index (κ2) is 7.73. The zero-order valence-electron chi connectivity index (χ0n) is 15.3. The van der Waals surface area contributed by atoms with Gasteiger partial charge in [-0.1, -0.05) is 6.07 Å². The number of H-pyrrole nitrogens is 1. The number of hydrogen-bond donors (Lipinski definition) is 1. The number of halogens is 1. The van der Waals surface area contributed by atoms with E-state index in [1.807, 2.05) is 0 Å². The molecular weight excluding hydrogens is 351 g/mol. The molecule has 2 aromatic rings. The van der Waals surface area contributed by atoms with Crippen LogP contribution < -0.4 is 10.3 Å². The van der Waals surface area contributed by atoms with Crippen molar-refractivity contribution in [2.75, 3.05) is 13.7 Å². The molecule has 1 aromatic carbocycles. The van der Waals surface area contributed by atoms with Crippen LogP contribution in [-0.2, 0) is 13.0 Å². The summed E-state index contributed by atoms with van der Waals surface area (Å²) >= 11 is 0. The van der Waals surface area contributed by atoms with Crippen molar-refractivity contribution < 1.29 is 18.7 Å². The van der Waals surface area contributed by atoms with Gasteiger partial charge in [-0.15, -0.1) is 0 Å². The average Bonchev–Trinajstić information content (AvgIpc) is 2.65. The number of aromatic amines is 1. The SMILES string of the molecule is CCN(Cc1ccc(OC)c(F)c1)C(=O)c1cc2c([nH]c1=O)CCCC2=O. The predicted octanol–water partition coefficient (Wildman–Crippen LogP) is 2.70. The van der Waals surface area contributed by atoms with E-state index in [4.69, 9.17) is 4.74 Å². The summed E-state index contributed by atoms with van der Waals surface area (Å²) in [6.45, 7) is 2.24. The van der Waals surface area contributed by atoms with Crippen molar-refractivity contribution in [2.24, 2.45) is 0 Å². The Kier molecular flexibility index (Phi) is 5.39. The van der Waals surface area contributed by atoms with Crippen LogP contribution in [0, 0.1) is 5.82 Å². The van der Waals surface area contributed by atoms with Crippen molar-refractivity contribution in [2.45, 2.75) is 32.7 Å². The lowest BCUT2D eigenvalue weighted by atomic mass is 9.93. The average molecular weight is 372 g/mol. The van der Waals surface area contributed by atoms with Crippen molar-refractivity contribution in [3.8, 4) is 5.75 Å². The molecule has 1 heterocycles. The van der Waals surface area contributed by atoms with E-state index in [0.29, 0.717) is 42.6 Å². The fourth-order valence-corrected chi connectivity index (χ4v) is 3.26.